The predicted molar refractivity (Wildman–Crippen MR) is 84.2 cm³/mol. The lowest BCUT2D eigenvalue weighted by molar-refractivity contribution is -0.153. The number of hydrogen-bond acceptors (Lipinski definition) is 6. The first-order valence-electron chi connectivity index (χ1n) is 7.99. The van der Waals surface area contributed by atoms with Crippen LogP contribution in [0.3, 0.4) is 0 Å². The molecule has 0 amide bonds. The zero-order valence-corrected chi connectivity index (χ0v) is 13.3. The van der Waals surface area contributed by atoms with Crippen molar-refractivity contribution < 1.29 is 19.1 Å². The van der Waals surface area contributed by atoms with E-state index in [-0.39, 0.29) is 12.0 Å². The molecule has 0 spiro atoms. The average molecular weight is 318 g/mol. The molecule has 0 bridgehead atoms. The van der Waals surface area contributed by atoms with Crippen molar-refractivity contribution in [1.29, 1.82) is 0 Å². The Hall–Kier alpha value is -1.92. The fourth-order valence-electron chi connectivity index (χ4n) is 2.37. The lowest BCUT2D eigenvalue weighted by Crippen LogP contribution is -2.49. The number of hydrogen-bond donors (Lipinski definition) is 1. The minimum atomic E-state index is -0.268. The van der Waals surface area contributed by atoms with Crippen molar-refractivity contribution >= 4 is 0 Å². The molecule has 0 saturated carbocycles. The number of aryl methyl sites for hydroxylation is 1. The monoisotopic (exact) mass is 318 g/mol. The third-order valence-corrected chi connectivity index (χ3v) is 4.00. The molecule has 2 aromatic rings. The molecule has 0 radical (unpaired) electrons. The first kappa shape index (κ1) is 16.0. The van der Waals surface area contributed by atoms with Gasteiger partial charge in [-0.25, -0.2) is 0 Å². The maximum Gasteiger partial charge on any atom is 0.226 e. The van der Waals surface area contributed by atoms with Crippen molar-refractivity contribution in [2.24, 2.45) is 5.41 Å². The summed E-state index contributed by atoms with van der Waals surface area (Å²) in [6.07, 6.45) is 2.94. The Kier molecular flexibility index (Phi) is 4.93. The maximum absolute atomic E-state index is 9.43. The molecule has 1 N–H and O–H groups in total. The van der Waals surface area contributed by atoms with E-state index in [2.05, 4.69) is 17.1 Å². The second-order valence-corrected chi connectivity index (χ2v) is 6.08. The molecule has 0 unspecified atom stereocenters. The van der Waals surface area contributed by atoms with E-state index in [1.165, 1.54) is 0 Å². The third-order valence-electron chi connectivity index (χ3n) is 4.00. The van der Waals surface area contributed by atoms with E-state index in [0.717, 1.165) is 30.6 Å². The molecule has 1 fully saturated rings. The number of aromatic nitrogens is 2. The van der Waals surface area contributed by atoms with Crippen molar-refractivity contribution in [3.8, 4) is 17.1 Å². The summed E-state index contributed by atoms with van der Waals surface area (Å²) >= 11 is 0. The maximum atomic E-state index is 9.43. The lowest BCUT2D eigenvalue weighted by atomic mass is 9.88. The van der Waals surface area contributed by atoms with Crippen molar-refractivity contribution in [2.75, 3.05) is 26.4 Å². The summed E-state index contributed by atoms with van der Waals surface area (Å²) in [5, 5.41) is 13.5. The first-order valence-corrected chi connectivity index (χ1v) is 7.99. The quantitative estimate of drug-likeness (QED) is 0.805. The van der Waals surface area contributed by atoms with Crippen LogP contribution in [-0.2, 0) is 11.2 Å². The van der Waals surface area contributed by atoms with Crippen LogP contribution in [0.1, 0.15) is 25.7 Å². The number of aliphatic hydroxyl groups excluding tert-OH is 1. The number of unbranched alkanes of at least 4 members (excludes halogenated alkanes) is 1. The summed E-state index contributed by atoms with van der Waals surface area (Å²) < 4.78 is 16.3. The van der Waals surface area contributed by atoms with E-state index < -0.39 is 0 Å². The molecule has 3 rings (SSSR count). The van der Waals surface area contributed by atoms with Crippen LogP contribution in [0, 0.1) is 5.41 Å². The molecule has 6 nitrogen and oxygen atoms in total. The van der Waals surface area contributed by atoms with Gasteiger partial charge in [0.1, 0.15) is 12.4 Å². The van der Waals surface area contributed by atoms with Gasteiger partial charge in [0.05, 0.1) is 25.2 Å². The number of aliphatic hydroxyl groups is 1. The summed E-state index contributed by atoms with van der Waals surface area (Å²) in [5.41, 5.74) is 0.590. The fourth-order valence-corrected chi connectivity index (χ4v) is 2.37. The van der Waals surface area contributed by atoms with Gasteiger partial charge in [-0.15, -0.1) is 0 Å². The third kappa shape index (κ3) is 3.71. The van der Waals surface area contributed by atoms with Crippen molar-refractivity contribution in [3.05, 3.63) is 30.2 Å². The molecule has 23 heavy (non-hydrogen) atoms. The van der Waals surface area contributed by atoms with Gasteiger partial charge in [0.25, 0.3) is 0 Å². The van der Waals surface area contributed by atoms with E-state index >= 15 is 0 Å². The number of ether oxygens (including phenoxy) is 2. The summed E-state index contributed by atoms with van der Waals surface area (Å²) in [4.78, 5) is 4.42. The van der Waals surface area contributed by atoms with Crippen molar-refractivity contribution in [3.63, 3.8) is 0 Å². The predicted octanol–water partition coefficient (Wildman–Crippen LogP) is 2.47. The molecule has 2 heterocycles. The molecule has 124 valence electrons. The molecule has 0 aliphatic carbocycles. The van der Waals surface area contributed by atoms with Gasteiger partial charge in [-0.1, -0.05) is 30.6 Å². The van der Waals surface area contributed by atoms with Gasteiger partial charge in [-0.2, -0.15) is 4.98 Å². The van der Waals surface area contributed by atoms with Crippen LogP contribution in [0.4, 0.5) is 0 Å². The minimum absolute atomic E-state index is 0.0678. The highest BCUT2D eigenvalue weighted by molar-refractivity contribution is 5.56. The Morgan fingerprint density at radius 3 is 2.91 bits per heavy atom. The van der Waals surface area contributed by atoms with E-state index in [4.69, 9.17) is 14.0 Å². The summed E-state index contributed by atoms with van der Waals surface area (Å²) in [5.74, 6) is 1.96. The standard InChI is InChI=1S/C17H22N2O4/c1-2-3-7-15-18-16(19-23-15)13-5-4-6-14(8-13)22-12-17(9-20)10-21-11-17/h4-6,8,20H,2-3,7,9-12H2,1H3. The second-order valence-electron chi connectivity index (χ2n) is 6.08. The van der Waals surface area contributed by atoms with Gasteiger partial charge < -0.3 is 19.1 Å². The van der Waals surface area contributed by atoms with Gasteiger partial charge >= 0.3 is 0 Å². The molecule has 1 aromatic heterocycles. The zero-order valence-electron chi connectivity index (χ0n) is 13.3. The Balaban J connectivity index is 1.66. The molecular formula is C17H22N2O4. The Labute approximate surface area is 135 Å². The normalized spacial score (nSPS) is 16.1. The number of benzene rings is 1. The van der Waals surface area contributed by atoms with Crippen LogP contribution in [0.2, 0.25) is 0 Å². The number of rotatable bonds is 8. The first-order chi connectivity index (χ1) is 11.2. The largest absolute Gasteiger partial charge is 0.493 e. The van der Waals surface area contributed by atoms with E-state index in [0.29, 0.717) is 31.5 Å². The SMILES string of the molecule is CCCCc1nc(-c2cccc(OCC3(CO)COC3)c2)no1. The smallest absolute Gasteiger partial charge is 0.226 e. The second kappa shape index (κ2) is 7.10. The van der Waals surface area contributed by atoms with Crippen molar-refractivity contribution in [1.82, 2.24) is 10.1 Å². The van der Waals surface area contributed by atoms with Crippen LogP contribution >= 0.6 is 0 Å². The molecule has 1 saturated heterocycles. The topological polar surface area (TPSA) is 77.6 Å². The average Bonchev–Trinajstić information content (AvgIpc) is 3.01. The molecule has 1 aromatic carbocycles. The van der Waals surface area contributed by atoms with Gasteiger partial charge in [-0.3, -0.25) is 0 Å². The molecule has 1 aliphatic rings. The van der Waals surface area contributed by atoms with Crippen LogP contribution < -0.4 is 4.74 Å². The molecule has 6 heteroatoms. The highest BCUT2D eigenvalue weighted by Crippen LogP contribution is 2.29. The highest BCUT2D eigenvalue weighted by atomic mass is 16.5. The lowest BCUT2D eigenvalue weighted by Gasteiger charge is -2.39. The van der Waals surface area contributed by atoms with E-state index in [1.807, 2.05) is 24.3 Å². The van der Waals surface area contributed by atoms with Gasteiger partial charge in [0.15, 0.2) is 0 Å². The van der Waals surface area contributed by atoms with Gasteiger partial charge in [0, 0.05) is 12.0 Å². The van der Waals surface area contributed by atoms with Gasteiger partial charge in [0.2, 0.25) is 11.7 Å². The zero-order chi connectivity index (χ0) is 16.1. The Morgan fingerprint density at radius 2 is 2.22 bits per heavy atom. The van der Waals surface area contributed by atoms with Crippen molar-refractivity contribution in [2.45, 2.75) is 26.2 Å². The highest BCUT2D eigenvalue weighted by Gasteiger charge is 2.39. The Bertz CT molecular complexity index is 632. The minimum Gasteiger partial charge on any atom is -0.493 e. The fraction of sp³-hybridized carbons (Fsp3) is 0.529. The van der Waals surface area contributed by atoms with Crippen LogP contribution in [-0.4, -0.2) is 41.7 Å². The summed E-state index contributed by atoms with van der Waals surface area (Å²) in [6.45, 7) is 3.70. The molecular weight excluding hydrogens is 296 g/mol. The van der Waals surface area contributed by atoms with Crippen LogP contribution in [0.15, 0.2) is 28.8 Å². The van der Waals surface area contributed by atoms with Gasteiger partial charge in [-0.05, 0) is 18.6 Å². The van der Waals surface area contributed by atoms with Crippen LogP contribution in [0.25, 0.3) is 11.4 Å². The molecule has 0 atom stereocenters. The van der Waals surface area contributed by atoms with E-state index in [1.54, 1.807) is 0 Å². The number of nitrogens with zero attached hydrogens (tertiary/aromatic N) is 2. The Morgan fingerprint density at radius 1 is 1.35 bits per heavy atom. The van der Waals surface area contributed by atoms with E-state index in [9.17, 15) is 5.11 Å². The van der Waals surface area contributed by atoms with Crippen LogP contribution in [0.5, 0.6) is 5.75 Å². The summed E-state index contributed by atoms with van der Waals surface area (Å²) in [6, 6.07) is 7.59. The molecule has 1 aliphatic heterocycles. The summed E-state index contributed by atoms with van der Waals surface area (Å²) in [7, 11) is 0.